The van der Waals surface area contributed by atoms with Crippen molar-refractivity contribution < 1.29 is 23.7 Å². The summed E-state index contributed by atoms with van der Waals surface area (Å²) in [5.41, 5.74) is 2.94. The summed E-state index contributed by atoms with van der Waals surface area (Å²) in [4.78, 5) is 0. The van der Waals surface area contributed by atoms with Gasteiger partial charge in [0.05, 0.1) is 32.0 Å². The van der Waals surface area contributed by atoms with Gasteiger partial charge in [-0.2, -0.15) is 0 Å². The highest BCUT2D eigenvalue weighted by molar-refractivity contribution is 5.62. The van der Waals surface area contributed by atoms with Crippen LogP contribution in [0.2, 0.25) is 0 Å². The first-order valence-electron chi connectivity index (χ1n) is 11.1. The number of rotatable bonds is 8. The van der Waals surface area contributed by atoms with Gasteiger partial charge in [0.2, 0.25) is 0 Å². The number of hydrogen-bond acceptors (Lipinski definition) is 5. The van der Waals surface area contributed by atoms with Crippen LogP contribution in [0.3, 0.4) is 0 Å². The maximum absolute atomic E-state index is 6.34. The lowest BCUT2D eigenvalue weighted by Crippen LogP contribution is -2.38. The van der Waals surface area contributed by atoms with Gasteiger partial charge in [-0.3, -0.25) is 0 Å². The van der Waals surface area contributed by atoms with E-state index in [1.54, 1.807) is 7.11 Å². The van der Waals surface area contributed by atoms with E-state index >= 15 is 0 Å². The van der Waals surface area contributed by atoms with E-state index in [9.17, 15) is 0 Å². The van der Waals surface area contributed by atoms with Crippen molar-refractivity contribution in [2.75, 3.05) is 13.7 Å². The van der Waals surface area contributed by atoms with Gasteiger partial charge in [-0.25, -0.2) is 0 Å². The predicted molar refractivity (Wildman–Crippen MR) is 125 cm³/mol. The van der Waals surface area contributed by atoms with Crippen molar-refractivity contribution in [2.24, 2.45) is 0 Å². The van der Waals surface area contributed by atoms with Crippen LogP contribution in [0.4, 0.5) is 0 Å². The summed E-state index contributed by atoms with van der Waals surface area (Å²) in [6.07, 6.45) is 7.60. The van der Waals surface area contributed by atoms with Gasteiger partial charge in [0, 0.05) is 17.7 Å². The molecular formula is C27H32O5. The molecule has 0 N–H and O–H groups in total. The molecule has 0 saturated carbocycles. The maximum Gasteiger partial charge on any atom is 0.350 e. The Balaban J connectivity index is 1.31. The van der Waals surface area contributed by atoms with Crippen molar-refractivity contribution in [3.05, 3.63) is 77.4 Å². The molecule has 2 atom stereocenters. The minimum atomic E-state index is -1.20. The van der Waals surface area contributed by atoms with Gasteiger partial charge in [-0.05, 0) is 57.4 Å². The minimum Gasteiger partial charge on any atom is -0.497 e. The Morgan fingerprint density at radius 1 is 1.12 bits per heavy atom. The first kappa shape index (κ1) is 22.6. The zero-order valence-electron chi connectivity index (χ0n) is 19.3. The predicted octanol–water partition coefficient (Wildman–Crippen LogP) is 5.89. The lowest BCUT2D eigenvalue weighted by atomic mass is 9.96. The second kappa shape index (κ2) is 9.49. The van der Waals surface area contributed by atoms with Crippen molar-refractivity contribution >= 4 is 6.08 Å². The SMILES string of the molecule is COc1ccc2c(c1)OC1(C=C2)OC(CC/C(C)=C/COCc2ccccc2)C(C)(C)O1. The van der Waals surface area contributed by atoms with Gasteiger partial charge in [-0.15, -0.1) is 0 Å². The molecule has 0 bridgehead atoms. The molecule has 1 saturated heterocycles. The van der Waals surface area contributed by atoms with E-state index in [1.807, 2.05) is 62.4 Å². The molecule has 1 fully saturated rings. The molecule has 2 aromatic carbocycles. The highest BCUT2D eigenvalue weighted by atomic mass is 16.9. The van der Waals surface area contributed by atoms with Crippen molar-refractivity contribution in [2.45, 2.75) is 57.9 Å². The highest BCUT2D eigenvalue weighted by Crippen LogP contribution is 2.44. The van der Waals surface area contributed by atoms with Crippen LogP contribution in [0.15, 0.2) is 66.3 Å². The summed E-state index contributed by atoms with van der Waals surface area (Å²) >= 11 is 0. The number of methoxy groups -OCH3 is 1. The van der Waals surface area contributed by atoms with Gasteiger partial charge in [-0.1, -0.05) is 42.0 Å². The third-order valence-corrected chi connectivity index (χ3v) is 5.89. The maximum atomic E-state index is 6.34. The lowest BCUT2D eigenvalue weighted by molar-refractivity contribution is -0.270. The van der Waals surface area contributed by atoms with E-state index in [-0.39, 0.29) is 6.10 Å². The molecule has 0 aliphatic carbocycles. The molecule has 5 nitrogen and oxygen atoms in total. The molecule has 2 heterocycles. The molecule has 2 unspecified atom stereocenters. The van der Waals surface area contributed by atoms with Crippen molar-refractivity contribution in [3.63, 3.8) is 0 Å². The van der Waals surface area contributed by atoms with E-state index in [0.29, 0.717) is 19.0 Å². The number of ether oxygens (including phenoxy) is 5. The van der Waals surface area contributed by atoms with E-state index < -0.39 is 11.6 Å². The van der Waals surface area contributed by atoms with Gasteiger partial charge >= 0.3 is 5.97 Å². The molecule has 2 aromatic rings. The summed E-state index contributed by atoms with van der Waals surface area (Å²) < 4.78 is 29.9. The van der Waals surface area contributed by atoms with Crippen LogP contribution in [0.25, 0.3) is 6.08 Å². The quantitative estimate of drug-likeness (QED) is 0.381. The van der Waals surface area contributed by atoms with Gasteiger partial charge in [0.1, 0.15) is 11.5 Å². The normalized spacial score (nSPS) is 23.8. The van der Waals surface area contributed by atoms with Crippen LogP contribution in [0.5, 0.6) is 11.5 Å². The molecular weight excluding hydrogens is 404 g/mol. The molecule has 5 heteroatoms. The fourth-order valence-electron chi connectivity index (χ4n) is 3.98. The Hall–Kier alpha value is -2.60. The van der Waals surface area contributed by atoms with E-state index in [4.69, 9.17) is 23.7 Å². The van der Waals surface area contributed by atoms with E-state index in [0.717, 1.165) is 24.2 Å². The van der Waals surface area contributed by atoms with E-state index in [2.05, 4.69) is 25.1 Å². The van der Waals surface area contributed by atoms with Crippen molar-refractivity contribution in [1.29, 1.82) is 0 Å². The summed E-state index contributed by atoms with van der Waals surface area (Å²) in [5.74, 6) is 0.220. The van der Waals surface area contributed by atoms with E-state index in [1.165, 1.54) is 11.1 Å². The van der Waals surface area contributed by atoms with Gasteiger partial charge < -0.3 is 23.7 Å². The second-order valence-electron chi connectivity index (χ2n) is 8.84. The lowest BCUT2D eigenvalue weighted by Gasteiger charge is -2.30. The fourth-order valence-corrected chi connectivity index (χ4v) is 3.98. The number of benzene rings is 2. The Bertz CT molecular complexity index is 979. The smallest absolute Gasteiger partial charge is 0.350 e. The first-order valence-corrected chi connectivity index (χ1v) is 11.1. The number of allylic oxidation sites excluding steroid dienone is 1. The topological polar surface area (TPSA) is 46.2 Å². The second-order valence-corrected chi connectivity index (χ2v) is 8.84. The first-order chi connectivity index (χ1) is 15.4. The summed E-state index contributed by atoms with van der Waals surface area (Å²) in [6, 6.07) is 15.9. The monoisotopic (exact) mass is 436 g/mol. The third-order valence-electron chi connectivity index (χ3n) is 5.89. The van der Waals surface area contributed by atoms with Gasteiger partial charge in [0.25, 0.3) is 0 Å². The Morgan fingerprint density at radius 3 is 2.72 bits per heavy atom. The largest absolute Gasteiger partial charge is 0.497 e. The van der Waals surface area contributed by atoms with Crippen molar-refractivity contribution in [3.8, 4) is 11.5 Å². The summed E-state index contributed by atoms with van der Waals surface area (Å²) in [5, 5.41) is 0. The van der Waals surface area contributed by atoms with Gasteiger partial charge in [0.15, 0.2) is 0 Å². The molecule has 170 valence electrons. The molecule has 2 aliphatic rings. The minimum absolute atomic E-state index is 0.104. The summed E-state index contributed by atoms with van der Waals surface area (Å²) in [7, 11) is 1.64. The molecule has 0 radical (unpaired) electrons. The van der Waals surface area contributed by atoms with Crippen LogP contribution in [0.1, 0.15) is 44.7 Å². The number of hydrogen-bond donors (Lipinski definition) is 0. The molecule has 2 aliphatic heterocycles. The van der Waals surface area contributed by atoms with Crippen LogP contribution in [-0.4, -0.2) is 31.4 Å². The average molecular weight is 437 g/mol. The summed E-state index contributed by atoms with van der Waals surface area (Å²) in [6.45, 7) is 7.44. The molecule has 0 amide bonds. The Labute approximate surface area is 190 Å². The third kappa shape index (κ3) is 5.23. The van der Waals surface area contributed by atoms with Crippen LogP contribution >= 0.6 is 0 Å². The standard InChI is InChI=1S/C27H32O5/c1-20(15-17-29-19-21-8-6-5-7-9-21)10-13-25-26(2,3)32-27(31-25)16-14-22-11-12-23(28-4)18-24(22)30-27/h5-9,11-12,14-16,18,25H,10,13,17,19H2,1-4H3/b20-15+. The molecule has 1 spiro atoms. The zero-order chi connectivity index (χ0) is 22.6. The van der Waals surface area contributed by atoms with Crippen molar-refractivity contribution in [1.82, 2.24) is 0 Å². The van der Waals surface area contributed by atoms with Crippen LogP contribution in [-0.2, 0) is 20.8 Å². The molecule has 0 aromatic heterocycles. The number of fused-ring (bicyclic) bond motifs is 1. The molecule has 4 rings (SSSR count). The van der Waals surface area contributed by atoms with Crippen LogP contribution < -0.4 is 9.47 Å². The zero-order valence-corrected chi connectivity index (χ0v) is 19.3. The average Bonchev–Trinajstić information content (AvgIpc) is 3.04. The molecule has 32 heavy (non-hydrogen) atoms. The highest BCUT2D eigenvalue weighted by Gasteiger charge is 2.53. The fraction of sp³-hybridized carbons (Fsp3) is 0.407. The Kier molecular flexibility index (Phi) is 6.70. The van der Waals surface area contributed by atoms with Crippen LogP contribution in [0, 0.1) is 0 Å². The Morgan fingerprint density at radius 2 is 1.94 bits per heavy atom.